The van der Waals surface area contributed by atoms with E-state index in [0.29, 0.717) is 24.6 Å². The number of esters is 1. The lowest BCUT2D eigenvalue weighted by molar-refractivity contribution is 0.000826. The monoisotopic (exact) mass is 312 g/mol. The van der Waals surface area contributed by atoms with Crippen LogP contribution in [0.25, 0.3) is 0 Å². The smallest absolute Gasteiger partial charge is 0.341 e. The largest absolute Gasteiger partial charge is 0.455 e. The SMILES string of the molecule is O=C(OC1([C@H]2CCOC2)CC1)c1cnn(Cc2ccccc2)c1. The molecular weight excluding hydrogens is 292 g/mol. The van der Waals surface area contributed by atoms with Gasteiger partial charge in [0.05, 0.1) is 24.9 Å². The maximum atomic E-state index is 12.4. The number of carbonyl (C=O) groups excluding carboxylic acids is 1. The number of ether oxygens (including phenoxy) is 2. The molecule has 0 spiro atoms. The highest BCUT2D eigenvalue weighted by Crippen LogP contribution is 2.49. The molecule has 120 valence electrons. The fourth-order valence-electron chi connectivity index (χ4n) is 3.24. The Labute approximate surface area is 135 Å². The van der Waals surface area contributed by atoms with E-state index >= 15 is 0 Å². The van der Waals surface area contributed by atoms with Crippen molar-refractivity contribution in [2.45, 2.75) is 31.4 Å². The average molecular weight is 312 g/mol. The number of carbonyl (C=O) groups is 1. The van der Waals surface area contributed by atoms with Crippen molar-refractivity contribution >= 4 is 5.97 Å². The van der Waals surface area contributed by atoms with Crippen molar-refractivity contribution in [1.82, 2.24) is 9.78 Å². The first kappa shape index (κ1) is 14.5. The minimum absolute atomic E-state index is 0.270. The van der Waals surface area contributed by atoms with Gasteiger partial charge in [-0.1, -0.05) is 30.3 Å². The Morgan fingerprint density at radius 2 is 2.17 bits per heavy atom. The van der Waals surface area contributed by atoms with Gasteiger partial charge in [-0.25, -0.2) is 4.79 Å². The zero-order chi connectivity index (χ0) is 15.7. The molecule has 2 aliphatic rings. The van der Waals surface area contributed by atoms with Crippen LogP contribution in [0.4, 0.5) is 0 Å². The third-order valence-electron chi connectivity index (χ3n) is 4.77. The summed E-state index contributed by atoms with van der Waals surface area (Å²) in [6.45, 7) is 2.13. The zero-order valence-electron chi connectivity index (χ0n) is 13.0. The first-order chi connectivity index (χ1) is 11.3. The summed E-state index contributed by atoms with van der Waals surface area (Å²) in [5.41, 5.74) is 1.39. The zero-order valence-corrected chi connectivity index (χ0v) is 13.0. The molecule has 0 unspecified atom stereocenters. The molecule has 2 fully saturated rings. The number of rotatable bonds is 5. The van der Waals surface area contributed by atoms with E-state index in [1.54, 1.807) is 17.1 Å². The Morgan fingerprint density at radius 3 is 2.87 bits per heavy atom. The average Bonchev–Trinajstić information content (AvgIpc) is 3.00. The summed E-state index contributed by atoms with van der Waals surface area (Å²) < 4.78 is 13.0. The molecule has 1 saturated carbocycles. The Balaban J connectivity index is 1.41. The molecule has 0 N–H and O–H groups in total. The van der Waals surface area contributed by atoms with Crippen LogP contribution in [0.2, 0.25) is 0 Å². The van der Waals surface area contributed by atoms with Gasteiger partial charge < -0.3 is 9.47 Å². The van der Waals surface area contributed by atoms with Crippen molar-refractivity contribution in [2.24, 2.45) is 5.92 Å². The molecule has 0 bridgehead atoms. The molecule has 4 rings (SSSR count). The molecule has 1 atom stereocenters. The summed E-state index contributed by atoms with van der Waals surface area (Å²) in [7, 11) is 0. The molecule has 5 heteroatoms. The van der Waals surface area contributed by atoms with E-state index in [4.69, 9.17) is 9.47 Å². The Bertz CT molecular complexity index is 685. The molecule has 1 aromatic carbocycles. The standard InChI is InChI=1S/C18H20N2O3/c21-17(23-18(7-8-18)16-6-9-22-13-16)15-10-19-20(12-15)11-14-4-2-1-3-5-14/h1-5,10,12,16H,6-9,11,13H2/t16-/m0/s1. The van der Waals surface area contributed by atoms with Crippen LogP contribution in [0.1, 0.15) is 35.2 Å². The molecule has 2 heterocycles. The molecule has 0 amide bonds. The van der Waals surface area contributed by atoms with Gasteiger partial charge >= 0.3 is 5.97 Å². The highest BCUT2D eigenvalue weighted by molar-refractivity contribution is 5.89. The fraction of sp³-hybridized carbons (Fsp3) is 0.444. The molecule has 1 aromatic heterocycles. The lowest BCUT2D eigenvalue weighted by Gasteiger charge is -2.21. The van der Waals surface area contributed by atoms with Gasteiger partial charge in [0, 0.05) is 18.7 Å². The predicted octanol–water partition coefficient (Wildman–Crippen LogP) is 2.66. The van der Waals surface area contributed by atoms with Gasteiger partial charge in [0.15, 0.2) is 0 Å². The minimum Gasteiger partial charge on any atom is -0.455 e. The van der Waals surface area contributed by atoms with Crippen LogP contribution in [-0.4, -0.2) is 34.6 Å². The third kappa shape index (κ3) is 3.01. The van der Waals surface area contributed by atoms with Crippen LogP contribution in [0, 0.1) is 5.92 Å². The van der Waals surface area contributed by atoms with Gasteiger partial charge in [0.2, 0.25) is 0 Å². The van der Waals surface area contributed by atoms with Gasteiger partial charge in [0.25, 0.3) is 0 Å². The van der Waals surface area contributed by atoms with Gasteiger partial charge in [-0.15, -0.1) is 0 Å². The number of benzene rings is 1. The summed E-state index contributed by atoms with van der Waals surface area (Å²) in [5.74, 6) is 0.0829. The van der Waals surface area contributed by atoms with Crippen LogP contribution >= 0.6 is 0 Å². The van der Waals surface area contributed by atoms with Gasteiger partial charge in [0.1, 0.15) is 5.60 Å². The van der Waals surface area contributed by atoms with E-state index in [2.05, 4.69) is 5.10 Å². The minimum atomic E-state index is -0.283. The first-order valence-corrected chi connectivity index (χ1v) is 8.13. The summed E-state index contributed by atoms with van der Waals surface area (Å²) in [6.07, 6.45) is 6.24. The summed E-state index contributed by atoms with van der Waals surface area (Å²) in [6, 6.07) is 10.1. The second-order valence-electron chi connectivity index (χ2n) is 6.43. The van der Waals surface area contributed by atoms with Gasteiger partial charge in [-0.3, -0.25) is 4.68 Å². The van der Waals surface area contributed by atoms with Gasteiger partial charge in [-0.05, 0) is 24.8 Å². The number of hydrogen-bond acceptors (Lipinski definition) is 4. The van der Waals surface area contributed by atoms with Crippen LogP contribution in [0.5, 0.6) is 0 Å². The van der Waals surface area contributed by atoms with Crippen molar-refractivity contribution in [3.8, 4) is 0 Å². The Kier molecular flexibility index (Phi) is 3.65. The maximum absolute atomic E-state index is 12.4. The summed E-state index contributed by atoms with van der Waals surface area (Å²) in [4.78, 5) is 12.4. The molecule has 1 aliphatic heterocycles. The van der Waals surface area contributed by atoms with Crippen molar-refractivity contribution in [1.29, 1.82) is 0 Å². The molecule has 2 aromatic rings. The van der Waals surface area contributed by atoms with Gasteiger partial charge in [-0.2, -0.15) is 5.10 Å². The fourth-order valence-corrected chi connectivity index (χ4v) is 3.24. The van der Waals surface area contributed by atoms with Crippen LogP contribution in [0.15, 0.2) is 42.7 Å². The second-order valence-corrected chi connectivity index (χ2v) is 6.43. The number of nitrogens with zero attached hydrogens (tertiary/aromatic N) is 2. The van der Waals surface area contributed by atoms with Crippen LogP contribution < -0.4 is 0 Å². The highest BCUT2D eigenvalue weighted by Gasteiger charge is 2.54. The topological polar surface area (TPSA) is 53.4 Å². The van der Waals surface area contributed by atoms with Crippen molar-refractivity contribution in [2.75, 3.05) is 13.2 Å². The molecule has 5 nitrogen and oxygen atoms in total. The number of aromatic nitrogens is 2. The van der Waals surface area contributed by atoms with E-state index in [1.165, 1.54) is 0 Å². The number of hydrogen-bond donors (Lipinski definition) is 0. The molecular formula is C18H20N2O3. The molecule has 23 heavy (non-hydrogen) atoms. The van der Waals surface area contributed by atoms with E-state index < -0.39 is 0 Å². The Morgan fingerprint density at radius 1 is 1.35 bits per heavy atom. The quantitative estimate of drug-likeness (QED) is 0.797. The van der Waals surface area contributed by atoms with E-state index in [-0.39, 0.29) is 11.6 Å². The normalized spacial score (nSPS) is 22.0. The molecule has 0 radical (unpaired) electrons. The lowest BCUT2D eigenvalue weighted by atomic mass is 9.99. The van der Waals surface area contributed by atoms with Crippen LogP contribution in [0.3, 0.4) is 0 Å². The van der Waals surface area contributed by atoms with E-state index in [1.807, 2.05) is 30.3 Å². The first-order valence-electron chi connectivity index (χ1n) is 8.13. The second kappa shape index (κ2) is 5.81. The van der Waals surface area contributed by atoms with Crippen molar-refractivity contribution in [3.05, 3.63) is 53.9 Å². The van der Waals surface area contributed by atoms with E-state index in [0.717, 1.165) is 31.4 Å². The van der Waals surface area contributed by atoms with Crippen LogP contribution in [-0.2, 0) is 16.0 Å². The maximum Gasteiger partial charge on any atom is 0.341 e. The lowest BCUT2D eigenvalue weighted by Crippen LogP contribution is -2.29. The highest BCUT2D eigenvalue weighted by atomic mass is 16.6. The molecule has 1 aliphatic carbocycles. The van der Waals surface area contributed by atoms with E-state index in [9.17, 15) is 4.79 Å². The summed E-state index contributed by atoms with van der Waals surface area (Å²) in [5, 5.41) is 4.27. The molecule has 1 saturated heterocycles. The predicted molar refractivity (Wildman–Crippen MR) is 84.1 cm³/mol. The third-order valence-corrected chi connectivity index (χ3v) is 4.77. The van der Waals surface area contributed by atoms with Crippen molar-refractivity contribution in [3.63, 3.8) is 0 Å². The summed E-state index contributed by atoms with van der Waals surface area (Å²) >= 11 is 0. The Hall–Kier alpha value is -2.14. The van der Waals surface area contributed by atoms with Crippen molar-refractivity contribution < 1.29 is 14.3 Å².